The highest BCUT2D eigenvalue weighted by atomic mass is 79.9. The molecule has 0 fully saturated rings. The van der Waals surface area contributed by atoms with Crippen molar-refractivity contribution < 1.29 is 0 Å². The fraction of sp³-hybridized carbons (Fsp3) is 0.0769. The summed E-state index contributed by atoms with van der Waals surface area (Å²) in [5.74, 6) is 0.882. The quantitative estimate of drug-likeness (QED) is 0.676. The minimum absolute atomic E-state index is 0.721. The lowest BCUT2D eigenvalue weighted by Gasteiger charge is -2.01. The maximum Gasteiger partial charge on any atom is 0.160 e. The van der Waals surface area contributed by atoms with Crippen LogP contribution in [-0.2, 0) is 7.05 Å². The average Bonchev–Trinajstić information content (AvgIpc) is 2.67. The van der Waals surface area contributed by atoms with E-state index in [-0.39, 0.29) is 0 Å². The lowest BCUT2D eigenvalue weighted by atomic mass is 10.2. The third kappa shape index (κ3) is 1.91. The Morgan fingerprint density at radius 3 is 2.67 bits per heavy atom. The molecule has 2 heterocycles. The zero-order valence-corrected chi connectivity index (χ0v) is 11.9. The molecular formula is C13H9BrClN3. The van der Waals surface area contributed by atoms with Crippen LogP contribution < -0.4 is 0 Å². The van der Waals surface area contributed by atoms with Gasteiger partial charge in [-0.2, -0.15) is 0 Å². The molecule has 3 nitrogen and oxygen atoms in total. The Labute approximate surface area is 118 Å². The zero-order chi connectivity index (χ0) is 12.7. The molecule has 0 saturated carbocycles. The summed E-state index contributed by atoms with van der Waals surface area (Å²) in [7, 11) is 1.96. The van der Waals surface area contributed by atoms with Crippen molar-refractivity contribution in [3.05, 3.63) is 46.0 Å². The van der Waals surface area contributed by atoms with E-state index < -0.39 is 0 Å². The zero-order valence-electron chi connectivity index (χ0n) is 9.56. The second kappa shape index (κ2) is 4.37. The van der Waals surface area contributed by atoms with Crippen molar-refractivity contribution in [2.24, 2.45) is 7.05 Å². The van der Waals surface area contributed by atoms with Gasteiger partial charge in [0.1, 0.15) is 11.3 Å². The van der Waals surface area contributed by atoms with Crippen molar-refractivity contribution in [3.8, 4) is 11.4 Å². The number of pyridine rings is 1. The van der Waals surface area contributed by atoms with Crippen LogP contribution in [0.2, 0.25) is 5.02 Å². The smallest absolute Gasteiger partial charge is 0.160 e. The van der Waals surface area contributed by atoms with Gasteiger partial charge < -0.3 is 4.57 Å². The fourth-order valence-electron chi connectivity index (χ4n) is 1.91. The number of nitrogens with zero attached hydrogens (tertiary/aromatic N) is 3. The van der Waals surface area contributed by atoms with Crippen LogP contribution in [0.3, 0.4) is 0 Å². The largest absolute Gasteiger partial charge is 0.312 e. The number of fused-ring (bicyclic) bond motifs is 1. The molecule has 0 aliphatic rings. The number of aryl methyl sites for hydroxylation is 1. The first-order chi connectivity index (χ1) is 8.65. The van der Waals surface area contributed by atoms with E-state index in [0.717, 1.165) is 32.0 Å². The maximum atomic E-state index is 5.89. The van der Waals surface area contributed by atoms with Gasteiger partial charge in [-0.25, -0.2) is 9.97 Å². The summed E-state index contributed by atoms with van der Waals surface area (Å²) < 4.78 is 2.90. The minimum Gasteiger partial charge on any atom is -0.312 e. The fourth-order valence-corrected chi connectivity index (χ4v) is 2.35. The van der Waals surface area contributed by atoms with Crippen molar-refractivity contribution in [1.29, 1.82) is 0 Å². The van der Waals surface area contributed by atoms with Crippen LogP contribution in [0.4, 0.5) is 0 Å². The molecule has 0 aliphatic heterocycles. The number of rotatable bonds is 1. The van der Waals surface area contributed by atoms with Crippen LogP contribution in [0.1, 0.15) is 0 Å². The van der Waals surface area contributed by atoms with Gasteiger partial charge in [0.25, 0.3) is 0 Å². The summed E-state index contributed by atoms with van der Waals surface area (Å²) in [6.45, 7) is 0. The highest BCUT2D eigenvalue weighted by Crippen LogP contribution is 2.25. The minimum atomic E-state index is 0.721. The number of hydrogen-bond donors (Lipinski definition) is 0. The highest BCUT2D eigenvalue weighted by Gasteiger charge is 2.10. The summed E-state index contributed by atoms with van der Waals surface area (Å²) in [4.78, 5) is 8.97. The molecule has 3 aromatic rings. The Kier molecular flexibility index (Phi) is 2.84. The van der Waals surface area contributed by atoms with Crippen LogP contribution in [0.25, 0.3) is 22.6 Å². The Balaban J connectivity index is 2.23. The van der Waals surface area contributed by atoms with Gasteiger partial charge in [0.15, 0.2) is 5.65 Å². The molecular weight excluding hydrogens is 314 g/mol. The monoisotopic (exact) mass is 321 g/mol. The number of aromatic nitrogens is 3. The van der Waals surface area contributed by atoms with Crippen LogP contribution in [-0.4, -0.2) is 14.5 Å². The molecule has 0 atom stereocenters. The van der Waals surface area contributed by atoms with Crippen LogP contribution >= 0.6 is 27.5 Å². The molecule has 0 unspecified atom stereocenters. The summed E-state index contributed by atoms with van der Waals surface area (Å²) in [6, 6.07) is 9.60. The van der Waals surface area contributed by atoms with Gasteiger partial charge in [0, 0.05) is 28.3 Å². The lowest BCUT2D eigenvalue weighted by Crippen LogP contribution is -1.93. The first kappa shape index (κ1) is 11.7. The van der Waals surface area contributed by atoms with E-state index in [1.54, 1.807) is 6.20 Å². The summed E-state index contributed by atoms with van der Waals surface area (Å²) in [5, 5.41) is 0.721. The van der Waals surface area contributed by atoms with Crippen molar-refractivity contribution in [2.45, 2.75) is 0 Å². The van der Waals surface area contributed by atoms with E-state index in [9.17, 15) is 0 Å². The predicted octanol–water partition coefficient (Wildman–Crippen LogP) is 4.05. The Bertz CT molecular complexity index is 719. The molecule has 0 aliphatic carbocycles. The first-order valence-corrected chi connectivity index (χ1v) is 6.56. The third-order valence-corrected chi connectivity index (χ3v) is 3.46. The molecule has 0 amide bonds. The molecule has 0 saturated heterocycles. The van der Waals surface area contributed by atoms with Gasteiger partial charge in [-0.05, 0) is 46.3 Å². The molecule has 0 bridgehead atoms. The highest BCUT2D eigenvalue weighted by molar-refractivity contribution is 9.10. The number of halogens is 2. The molecule has 18 heavy (non-hydrogen) atoms. The van der Waals surface area contributed by atoms with Crippen LogP contribution in [0.5, 0.6) is 0 Å². The molecule has 0 spiro atoms. The molecule has 0 radical (unpaired) electrons. The maximum absolute atomic E-state index is 5.89. The molecule has 90 valence electrons. The molecule has 2 aromatic heterocycles. The molecule has 5 heteroatoms. The average molecular weight is 323 g/mol. The van der Waals surface area contributed by atoms with E-state index in [1.807, 2.05) is 41.9 Å². The van der Waals surface area contributed by atoms with Crippen molar-refractivity contribution in [2.75, 3.05) is 0 Å². The van der Waals surface area contributed by atoms with E-state index in [0.29, 0.717) is 0 Å². The van der Waals surface area contributed by atoms with Gasteiger partial charge >= 0.3 is 0 Å². The van der Waals surface area contributed by atoms with Gasteiger partial charge in [-0.15, -0.1) is 0 Å². The lowest BCUT2D eigenvalue weighted by molar-refractivity contribution is 0.942. The number of hydrogen-bond acceptors (Lipinski definition) is 2. The van der Waals surface area contributed by atoms with Crippen LogP contribution in [0.15, 0.2) is 41.0 Å². The van der Waals surface area contributed by atoms with Crippen molar-refractivity contribution in [3.63, 3.8) is 0 Å². The Hall–Kier alpha value is -1.39. The van der Waals surface area contributed by atoms with Gasteiger partial charge in [-0.3, -0.25) is 0 Å². The normalized spacial score (nSPS) is 11.1. The standard InChI is InChI=1S/C13H9BrClN3/c1-18-12(8-2-4-10(15)5-3-8)17-11-6-9(14)7-16-13(11)18/h2-7H,1H3. The van der Waals surface area contributed by atoms with E-state index in [4.69, 9.17) is 11.6 Å². The van der Waals surface area contributed by atoms with Crippen molar-refractivity contribution in [1.82, 2.24) is 14.5 Å². The van der Waals surface area contributed by atoms with Gasteiger partial charge in [0.05, 0.1) is 0 Å². The van der Waals surface area contributed by atoms with Gasteiger partial charge in [0.2, 0.25) is 0 Å². The van der Waals surface area contributed by atoms with E-state index in [2.05, 4.69) is 25.9 Å². The molecule has 0 N–H and O–H groups in total. The second-order valence-corrected chi connectivity index (χ2v) is 5.35. The second-order valence-electron chi connectivity index (χ2n) is 4.00. The summed E-state index contributed by atoms with van der Waals surface area (Å²) in [6.07, 6.45) is 1.77. The topological polar surface area (TPSA) is 30.7 Å². The first-order valence-electron chi connectivity index (χ1n) is 5.39. The Morgan fingerprint density at radius 1 is 1.22 bits per heavy atom. The van der Waals surface area contributed by atoms with Crippen molar-refractivity contribution >= 4 is 38.7 Å². The summed E-state index contributed by atoms with van der Waals surface area (Å²) in [5.41, 5.74) is 2.76. The number of benzene rings is 1. The SMILES string of the molecule is Cn1c(-c2ccc(Cl)cc2)nc2cc(Br)cnc21. The number of imidazole rings is 1. The Morgan fingerprint density at radius 2 is 1.94 bits per heavy atom. The van der Waals surface area contributed by atoms with E-state index in [1.165, 1.54) is 0 Å². The van der Waals surface area contributed by atoms with Gasteiger partial charge in [-0.1, -0.05) is 11.6 Å². The predicted molar refractivity (Wildman–Crippen MR) is 76.7 cm³/mol. The molecule has 1 aromatic carbocycles. The third-order valence-electron chi connectivity index (χ3n) is 2.78. The van der Waals surface area contributed by atoms with Crippen LogP contribution in [0, 0.1) is 0 Å². The van der Waals surface area contributed by atoms with E-state index >= 15 is 0 Å². The summed E-state index contributed by atoms with van der Waals surface area (Å²) >= 11 is 9.30. The molecule has 3 rings (SSSR count).